The highest BCUT2D eigenvalue weighted by Gasteiger charge is 2.17. The van der Waals surface area contributed by atoms with Crippen LogP contribution >= 0.6 is 11.3 Å². The molecular formula is C20H14FN3O2S2. The lowest BCUT2D eigenvalue weighted by molar-refractivity contribution is 0.598. The number of sulfonamides is 1. The summed E-state index contributed by atoms with van der Waals surface area (Å²) in [4.78, 5) is 9.67. The number of hydrogen-bond acceptors (Lipinski definition) is 5. The second-order valence-electron chi connectivity index (χ2n) is 6.01. The van der Waals surface area contributed by atoms with Crippen LogP contribution in [0.25, 0.3) is 32.3 Å². The van der Waals surface area contributed by atoms with E-state index in [1.165, 1.54) is 35.6 Å². The maximum atomic E-state index is 13.4. The van der Waals surface area contributed by atoms with Gasteiger partial charge >= 0.3 is 0 Å². The van der Waals surface area contributed by atoms with Crippen molar-refractivity contribution in [3.8, 4) is 32.3 Å². The minimum atomic E-state index is -3.77. The van der Waals surface area contributed by atoms with Crippen LogP contribution in [0.2, 0.25) is 0 Å². The topological polar surface area (TPSA) is 85.9 Å². The number of hydrogen-bond donors (Lipinski definition) is 1. The Morgan fingerprint density at radius 2 is 1.43 bits per heavy atom. The smallest absolute Gasteiger partial charge is 0.238 e. The molecule has 8 heteroatoms. The van der Waals surface area contributed by atoms with Crippen molar-refractivity contribution in [1.82, 2.24) is 9.97 Å². The van der Waals surface area contributed by atoms with E-state index < -0.39 is 10.0 Å². The van der Waals surface area contributed by atoms with Gasteiger partial charge in [0, 0.05) is 23.5 Å². The number of nitrogens with two attached hydrogens (primary N) is 1. The second kappa shape index (κ2) is 7.23. The molecule has 0 radical (unpaired) electrons. The molecule has 0 saturated carbocycles. The fraction of sp³-hybridized carbons (Fsp3) is 0. The molecule has 0 aliphatic heterocycles. The summed E-state index contributed by atoms with van der Waals surface area (Å²) in [5, 5.41) is 5.97. The van der Waals surface area contributed by atoms with E-state index in [4.69, 9.17) is 10.1 Å². The van der Waals surface area contributed by atoms with Gasteiger partial charge in [0.05, 0.1) is 15.5 Å². The Labute approximate surface area is 165 Å². The zero-order chi connectivity index (χ0) is 19.7. The molecule has 0 aliphatic carbocycles. The van der Waals surface area contributed by atoms with Crippen molar-refractivity contribution in [2.45, 2.75) is 4.90 Å². The Morgan fingerprint density at radius 1 is 0.821 bits per heavy atom. The summed E-state index contributed by atoms with van der Waals surface area (Å²) in [5.74, 6) is -0.326. The lowest BCUT2D eigenvalue weighted by Gasteiger charge is -2.04. The molecule has 5 nitrogen and oxygen atoms in total. The number of rotatable bonds is 4. The Kier molecular flexibility index (Phi) is 4.76. The second-order valence-corrected chi connectivity index (χ2v) is 8.57. The van der Waals surface area contributed by atoms with E-state index in [0.29, 0.717) is 5.69 Å². The fourth-order valence-corrected chi connectivity index (χ4v) is 4.35. The lowest BCUT2D eigenvalue weighted by Crippen LogP contribution is -2.11. The third-order valence-electron chi connectivity index (χ3n) is 4.12. The molecule has 4 aromatic rings. The average Bonchev–Trinajstić information content (AvgIpc) is 3.14. The van der Waals surface area contributed by atoms with Crippen LogP contribution < -0.4 is 5.14 Å². The molecule has 0 fully saturated rings. The summed E-state index contributed by atoms with van der Waals surface area (Å²) in [6.07, 6.45) is 3.38. The Balaban J connectivity index is 1.87. The molecule has 0 atom stereocenters. The number of aromatic nitrogens is 2. The van der Waals surface area contributed by atoms with Gasteiger partial charge in [-0.25, -0.2) is 22.9 Å². The molecule has 0 unspecified atom stereocenters. The molecule has 0 bridgehead atoms. The van der Waals surface area contributed by atoms with E-state index in [1.807, 2.05) is 12.1 Å². The van der Waals surface area contributed by atoms with Gasteiger partial charge in [-0.2, -0.15) is 0 Å². The van der Waals surface area contributed by atoms with Crippen LogP contribution in [0.1, 0.15) is 0 Å². The van der Waals surface area contributed by atoms with Crippen molar-refractivity contribution in [3.63, 3.8) is 0 Å². The van der Waals surface area contributed by atoms with Crippen LogP contribution in [0.3, 0.4) is 0 Å². The number of thiazole rings is 1. The largest absolute Gasteiger partial charge is 0.265 e. The number of primary sulfonamides is 1. The zero-order valence-corrected chi connectivity index (χ0v) is 16.0. The van der Waals surface area contributed by atoms with Gasteiger partial charge in [-0.3, -0.25) is 4.98 Å². The van der Waals surface area contributed by atoms with Gasteiger partial charge in [0.15, 0.2) is 0 Å². The van der Waals surface area contributed by atoms with E-state index in [-0.39, 0.29) is 10.7 Å². The van der Waals surface area contributed by atoms with E-state index in [0.717, 1.165) is 26.6 Å². The lowest BCUT2D eigenvalue weighted by atomic mass is 10.1. The van der Waals surface area contributed by atoms with Crippen molar-refractivity contribution >= 4 is 21.4 Å². The van der Waals surface area contributed by atoms with Crippen LogP contribution in [0, 0.1) is 5.82 Å². The minimum Gasteiger partial charge on any atom is -0.265 e. The van der Waals surface area contributed by atoms with Gasteiger partial charge in [0.2, 0.25) is 10.0 Å². The maximum Gasteiger partial charge on any atom is 0.238 e. The number of benzene rings is 2. The van der Waals surface area contributed by atoms with Crippen molar-refractivity contribution in [2.24, 2.45) is 5.14 Å². The third kappa shape index (κ3) is 3.70. The van der Waals surface area contributed by atoms with E-state index in [1.54, 1.807) is 36.7 Å². The molecule has 28 heavy (non-hydrogen) atoms. The Morgan fingerprint density at radius 3 is 2.04 bits per heavy atom. The first-order valence-electron chi connectivity index (χ1n) is 8.22. The van der Waals surface area contributed by atoms with Gasteiger partial charge in [0.1, 0.15) is 10.8 Å². The molecular weight excluding hydrogens is 397 g/mol. The van der Waals surface area contributed by atoms with Crippen molar-refractivity contribution < 1.29 is 12.8 Å². The summed E-state index contributed by atoms with van der Waals surface area (Å²) >= 11 is 1.46. The van der Waals surface area contributed by atoms with E-state index >= 15 is 0 Å². The Hall–Kier alpha value is -2.94. The monoisotopic (exact) mass is 411 g/mol. The molecule has 4 rings (SSSR count). The highest BCUT2D eigenvalue weighted by molar-refractivity contribution is 7.89. The molecule has 2 heterocycles. The first-order valence-corrected chi connectivity index (χ1v) is 10.6. The van der Waals surface area contributed by atoms with Gasteiger partial charge in [0.25, 0.3) is 0 Å². The van der Waals surface area contributed by atoms with Gasteiger partial charge in [-0.1, -0.05) is 12.1 Å². The van der Waals surface area contributed by atoms with E-state index in [2.05, 4.69) is 4.98 Å². The van der Waals surface area contributed by atoms with Crippen molar-refractivity contribution in [1.29, 1.82) is 0 Å². The van der Waals surface area contributed by atoms with Crippen molar-refractivity contribution in [3.05, 3.63) is 78.9 Å². The highest BCUT2D eigenvalue weighted by atomic mass is 32.2. The van der Waals surface area contributed by atoms with Gasteiger partial charge in [-0.15, -0.1) is 11.3 Å². The third-order valence-corrected chi connectivity index (χ3v) is 6.20. The number of halogens is 1. The molecule has 2 aromatic heterocycles. The molecule has 2 N–H and O–H groups in total. The molecule has 140 valence electrons. The van der Waals surface area contributed by atoms with Gasteiger partial charge in [-0.05, 0) is 54.1 Å². The molecule has 0 spiro atoms. The number of nitrogens with zero attached hydrogens (tertiary/aromatic N) is 2. The van der Waals surface area contributed by atoms with E-state index in [9.17, 15) is 12.8 Å². The van der Waals surface area contributed by atoms with Crippen molar-refractivity contribution in [2.75, 3.05) is 0 Å². The predicted octanol–water partition coefficient (Wildman–Crippen LogP) is 4.33. The quantitative estimate of drug-likeness (QED) is 0.542. The summed E-state index contributed by atoms with van der Waals surface area (Å²) < 4.78 is 36.4. The van der Waals surface area contributed by atoms with Crippen LogP contribution in [0.4, 0.5) is 4.39 Å². The molecule has 0 aliphatic rings. The summed E-state index contributed by atoms with van der Waals surface area (Å²) in [6.45, 7) is 0. The van der Waals surface area contributed by atoms with Crippen LogP contribution in [-0.2, 0) is 10.0 Å². The molecule has 0 amide bonds. The summed E-state index contributed by atoms with van der Waals surface area (Å²) in [6, 6.07) is 16.1. The first-order chi connectivity index (χ1) is 13.4. The first kappa shape index (κ1) is 18.4. The standard InChI is InChI=1S/C20H14FN3O2S2/c21-16-5-1-13(2-6-16)18-19(14-3-7-17(8-4-14)28(22,25)26)27-20(24-18)15-9-11-23-12-10-15/h1-12H,(H2,22,25,26). The Bertz CT molecular complexity index is 1220. The average molecular weight is 411 g/mol. The summed E-state index contributed by atoms with van der Waals surface area (Å²) in [5.41, 5.74) is 3.17. The molecule has 2 aromatic carbocycles. The van der Waals surface area contributed by atoms with Gasteiger partial charge < -0.3 is 0 Å². The SMILES string of the molecule is NS(=O)(=O)c1ccc(-c2sc(-c3ccncc3)nc2-c2ccc(F)cc2)cc1. The van der Waals surface area contributed by atoms with Crippen LogP contribution in [0.5, 0.6) is 0 Å². The number of pyridine rings is 1. The maximum absolute atomic E-state index is 13.4. The highest BCUT2D eigenvalue weighted by Crippen LogP contribution is 2.40. The fourth-order valence-electron chi connectivity index (χ4n) is 2.73. The van der Waals surface area contributed by atoms with Crippen LogP contribution in [-0.4, -0.2) is 18.4 Å². The molecule has 0 saturated heterocycles. The zero-order valence-electron chi connectivity index (χ0n) is 14.4. The normalized spacial score (nSPS) is 11.5. The minimum absolute atomic E-state index is 0.0402. The van der Waals surface area contributed by atoms with Crippen LogP contribution in [0.15, 0.2) is 78.0 Å². The summed E-state index contributed by atoms with van der Waals surface area (Å²) in [7, 11) is -3.77. The predicted molar refractivity (Wildman–Crippen MR) is 108 cm³/mol.